The molecule has 1 N–H and O–H groups in total. The molecule has 140 valence electrons. The van der Waals surface area contributed by atoms with E-state index >= 15 is 0 Å². The molecule has 2 aromatic carbocycles. The first-order valence-corrected chi connectivity index (χ1v) is 8.99. The average Bonchev–Trinajstić information content (AvgIpc) is 2.63. The van der Waals surface area contributed by atoms with E-state index in [2.05, 4.69) is 5.32 Å². The Morgan fingerprint density at radius 2 is 1.69 bits per heavy atom. The summed E-state index contributed by atoms with van der Waals surface area (Å²) >= 11 is 5.84. The Morgan fingerprint density at radius 1 is 1.04 bits per heavy atom. The Kier molecular flexibility index (Phi) is 7.60. The molecule has 0 spiro atoms. The first-order valence-electron chi connectivity index (χ1n) is 8.62. The second-order valence-electron chi connectivity index (χ2n) is 5.58. The van der Waals surface area contributed by atoms with Crippen LogP contribution < -0.4 is 19.5 Å². The Morgan fingerprint density at radius 3 is 2.35 bits per heavy atom. The number of halogens is 1. The fourth-order valence-electron chi connectivity index (χ4n) is 2.31. The first kappa shape index (κ1) is 19.9. The maximum absolute atomic E-state index is 12.2. The number of carbonyl (C=O) groups is 1. The van der Waals surface area contributed by atoms with Gasteiger partial charge in [-0.3, -0.25) is 4.79 Å². The van der Waals surface area contributed by atoms with Crippen molar-refractivity contribution < 1.29 is 19.0 Å². The van der Waals surface area contributed by atoms with Gasteiger partial charge >= 0.3 is 0 Å². The largest absolute Gasteiger partial charge is 0.490 e. The van der Waals surface area contributed by atoms with E-state index in [1.54, 1.807) is 31.2 Å². The summed E-state index contributed by atoms with van der Waals surface area (Å²) in [4.78, 5) is 12.2. The Hall–Kier alpha value is -2.40. The van der Waals surface area contributed by atoms with Crippen molar-refractivity contribution in [2.45, 2.75) is 33.4 Å². The van der Waals surface area contributed by atoms with Gasteiger partial charge in [-0.2, -0.15) is 0 Å². The van der Waals surface area contributed by atoms with Gasteiger partial charge in [-0.25, -0.2) is 0 Å². The summed E-state index contributed by atoms with van der Waals surface area (Å²) in [5.74, 6) is 1.76. The topological polar surface area (TPSA) is 56.8 Å². The third-order valence-electron chi connectivity index (χ3n) is 3.57. The molecule has 0 aromatic heterocycles. The van der Waals surface area contributed by atoms with Gasteiger partial charge in [0.2, 0.25) is 0 Å². The maximum atomic E-state index is 12.2. The molecule has 26 heavy (non-hydrogen) atoms. The van der Waals surface area contributed by atoms with Gasteiger partial charge in [-0.1, -0.05) is 17.7 Å². The van der Waals surface area contributed by atoms with Crippen LogP contribution in [0.1, 0.15) is 26.3 Å². The van der Waals surface area contributed by atoms with Crippen LogP contribution in [0.4, 0.5) is 0 Å². The fraction of sp³-hybridized carbons (Fsp3) is 0.350. The molecule has 0 aliphatic heterocycles. The van der Waals surface area contributed by atoms with Crippen molar-refractivity contribution in [3.05, 3.63) is 53.1 Å². The third-order valence-corrected chi connectivity index (χ3v) is 3.82. The minimum absolute atomic E-state index is 0.202. The van der Waals surface area contributed by atoms with Gasteiger partial charge in [-0.15, -0.1) is 0 Å². The number of hydrogen-bond acceptors (Lipinski definition) is 4. The van der Waals surface area contributed by atoms with Crippen LogP contribution in [0.25, 0.3) is 0 Å². The zero-order valence-electron chi connectivity index (χ0n) is 15.3. The molecular formula is C20H24ClNO4. The lowest BCUT2D eigenvalue weighted by Crippen LogP contribution is -2.35. The molecule has 0 radical (unpaired) electrons. The molecule has 0 unspecified atom stereocenters. The lowest BCUT2D eigenvalue weighted by molar-refractivity contribution is -0.127. The molecule has 0 fully saturated rings. The van der Waals surface area contributed by atoms with E-state index in [1.807, 2.05) is 32.0 Å². The van der Waals surface area contributed by atoms with Gasteiger partial charge < -0.3 is 19.5 Å². The number of nitrogens with one attached hydrogen (secondary N) is 1. The highest BCUT2D eigenvalue weighted by Crippen LogP contribution is 2.28. The summed E-state index contributed by atoms with van der Waals surface area (Å²) in [6.45, 7) is 7.02. The van der Waals surface area contributed by atoms with Crippen molar-refractivity contribution in [2.75, 3.05) is 13.2 Å². The standard InChI is InChI=1S/C20H24ClNO4/c1-4-24-18-11-6-15(12-19(18)25-5-2)13-22-20(23)14(3)26-17-9-7-16(21)8-10-17/h6-12,14H,4-5,13H2,1-3H3,(H,22,23)/t14-/m0/s1. The first-order chi connectivity index (χ1) is 12.5. The van der Waals surface area contributed by atoms with Gasteiger partial charge in [0.05, 0.1) is 13.2 Å². The highest BCUT2D eigenvalue weighted by molar-refractivity contribution is 6.30. The Balaban J connectivity index is 1.93. The molecule has 0 bridgehead atoms. The molecule has 1 amide bonds. The smallest absolute Gasteiger partial charge is 0.261 e. The number of ether oxygens (including phenoxy) is 3. The molecule has 2 rings (SSSR count). The SMILES string of the molecule is CCOc1ccc(CNC(=O)[C@H](C)Oc2ccc(Cl)cc2)cc1OCC. The maximum Gasteiger partial charge on any atom is 0.261 e. The van der Waals surface area contributed by atoms with Gasteiger partial charge in [-0.05, 0) is 62.7 Å². The molecule has 2 aromatic rings. The van der Waals surface area contributed by atoms with Crippen LogP contribution in [0.3, 0.4) is 0 Å². The lowest BCUT2D eigenvalue weighted by atomic mass is 10.2. The highest BCUT2D eigenvalue weighted by atomic mass is 35.5. The molecule has 0 aliphatic rings. The zero-order valence-corrected chi connectivity index (χ0v) is 16.0. The second-order valence-corrected chi connectivity index (χ2v) is 6.02. The number of benzene rings is 2. The monoisotopic (exact) mass is 377 g/mol. The van der Waals surface area contributed by atoms with Crippen LogP contribution in [0.15, 0.2) is 42.5 Å². The summed E-state index contributed by atoms with van der Waals surface area (Å²) in [5.41, 5.74) is 0.920. The van der Waals surface area contributed by atoms with E-state index in [1.165, 1.54) is 0 Å². The van der Waals surface area contributed by atoms with E-state index in [4.69, 9.17) is 25.8 Å². The quantitative estimate of drug-likeness (QED) is 0.710. The molecule has 1 atom stereocenters. The van der Waals surface area contributed by atoms with Crippen LogP contribution in [-0.4, -0.2) is 25.2 Å². The van der Waals surface area contributed by atoms with E-state index in [0.717, 1.165) is 5.56 Å². The van der Waals surface area contributed by atoms with Gasteiger partial charge in [0.15, 0.2) is 17.6 Å². The molecule has 0 aliphatic carbocycles. The molecule has 0 saturated heterocycles. The zero-order chi connectivity index (χ0) is 18.9. The molecule has 0 saturated carbocycles. The summed E-state index contributed by atoms with van der Waals surface area (Å²) in [5, 5.41) is 3.49. The predicted molar refractivity (Wildman–Crippen MR) is 102 cm³/mol. The number of carbonyl (C=O) groups excluding carboxylic acids is 1. The summed E-state index contributed by atoms with van der Waals surface area (Å²) in [6, 6.07) is 12.5. The van der Waals surface area contributed by atoms with Crippen LogP contribution >= 0.6 is 11.6 Å². The summed E-state index contributed by atoms with van der Waals surface area (Å²) < 4.78 is 16.8. The molecular weight excluding hydrogens is 354 g/mol. The van der Waals surface area contributed by atoms with Crippen molar-refractivity contribution >= 4 is 17.5 Å². The Labute approximate surface area is 159 Å². The summed E-state index contributed by atoms with van der Waals surface area (Å²) in [7, 11) is 0. The minimum atomic E-state index is -0.620. The van der Waals surface area contributed by atoms with Crippen molar-refractivity contribution in [1.29, 1.82) is 0 Å². The predicted octanol–water partition coefficient (Wildman–Crippen LogP) is 4.22. The van der Waals surface area contributed by atoms with Crippen LogP contribution in [-0.2, 0) is 11.3 Å². The van der Waals surface area contributed by atoms with E-state index in [9.17, 15) is 4.79 Å². The lowest BCUT2D eigenvalue weighted by Gasteiger charge is -2.16. The number of rotatable bonds is 9. The molecule has 6 heteroatoms. The summed E-state index contributed by atoms with van der Waals surface area (Å²) in [6.07, 6.45) is -0.620. The third kappa shape index (κ3) is 5.85. The normalized spacial score (nSPS) is 11.5. The molecule has 0 heterocycles. The Bertz CT molecular complexity index is 718. The van der Waals surface area contributed by atoms with Crippen LogP contribution in [0.2, 0.25) is 5.02 Å². The van der Waals surface area contributed by atoms with E-state index < -0.39 is 6.10 Å². The van der Waals surface area contributed by atoms with E-state index in [-0.39, 0.29) is 5.91 Å². The van der Waals surface area contributed by atoms with Crippen LogP contribution in [0.5, 0.6) is 17.2 Å². The molecule has 5 nitrogen and oxygen atoms in total. The number of hydrogen-bond donors (Lipinski definition) is 1. The van der Waals surface area contributed by atoms with Crippen molar-refractivity contribution in [1.82, 2.24) is 5.32 Å². The van der Waals surface area contributed by atoms with Crippen molar-refractivity contribution in [2.24, 2.45) is 0 Å². The van der Waals surface area contributed by atoms with E-state index in [0.29, 0.717) is 42.0 Å². The van der Waals surface area contributed by atoms with Crippen molar-refractivity contribution in [3.63, 3.8) is 0 Å². The average molecular weight is 378 g/mol. The highest BCUT2D eigenvalue weighted by Gasteiger charge is 2.15. The van der Waals surface area contributed by atoms with Crippen molar-refractivity contribution in [3.8, 4) is 17.2 Å². The second kappa shape index (κ2) is 9.92. The van der Waals surface area contributed by atoms with Crippen LogP contribution in [0, 0.1) is 0 Å². The minimum Gasteiger partial charge on any atom is -0.490 e. The van der Waals surface area contributed by atoms with Gasteiger partial charge in [0, 0.05) is 11.6 Å². The van der Waals surface area contributed by atoms with Gasteiger partial charge in [0.25, 0.3) is 5.91 Å². The number of amides is 1. The fourth-order valence-corrected chi connectivity index (χ4v) is 2.44. The van der Waals surface area contributed by atoms with Gasteiger partial charge in [0.1, 0.15) is 5.75 Å².